The van der Waals surface area contributed by atoms with Gasteiger partial charge in [0.15, 0.2) is 5.12 Å². The van der Waals surface area contributed by atoms with Gasteiger partial charge in [-0.2, -0.15) is 0 Å². The highest BCUT2D eigenvalue weighted by atomic mass is 32.2. The number of nitrogens with one attached hydrogen (secondary N) is 1. The molecule has 3 nitrogen and oxygen atoms in total. The largest absolute Gasteiger partial charge is 0.353 e. The molecule has 0 radical (unpaired) electrons. The van der Waals surface area contributed by atoms with Gasteiger partial charge in [0.1, 0.15) is 0 Å². The Balaban J connectivity index is 3.53. The summed E-state index contributed by atoms with van der Waals surface area (Å²) in [6.07, 6.45) is 6.55. The average molecular weight is 243 g/mol. The number of allylic oxidation sites excluding steroid dienone is 2. The van der Waals surface area contributed by atoms with Crippen molar-refractivity contribution >= 4 is 22.8 Å². The summed E-state index contributed by atoms with van der Waals surface area (Å²) >= 11 is 1.31. The fraction of sp³-hybridized carbons (Fsp3) is 0.667. The molecule has 0 aliphatic heterocycles. The number of carbonyl (C=O) groups is 2. The van der Waals surface area contributed by atoms with E-state index in [2.05, 4.69) is 11.4 Å². The van der Waals surface area contributed by atoms with Crippen LogP contribution in [0, 0.1) is 0 Å². The van der Waals surface area contributed by atoms with Gasteiger partial charge in [0.2, 0.25) is 5.91 Å². The summed E-state index contributed by atoms with van der Waals surface area (Å²) in [6, 6.07) is 0.0574. The first-order valence-corrected chi connectivity index (χ1v) is 6.58. The van der Waals surface area contributed by atoms with Crippen LogP contribution >= 0.6 is 11.8 Å². The molecule has 92 valence electrons. The van der Waals surface area contributed by atoms with Crippen molar-refractivity contribution in [2.45, 2.75) is 46.1 Å². The molecule has 0 rings (SSSR count). The number of unbranched alkanes of at least 4 members (excludes halogenated alkanes) is 1. The highest BCUT2D eigenvalue weighted by Gasteiger charge is 2.07. The molecule has 0 bridgehead atoms. The van der Waals surface area contributed by atoms with Crippen LogP contribution in [0.3, 0.4) is 0 Å². The molecule has 0 aromatic heterocycles. The lowest BCUT2D eigenvalue weighted by Crippen LogP contribution is -2.32. The van der Waals surface area contributed by atoms with E-state index in [0.29, 0.717) is 12.2 Å². The van der Waals surface area contributed by atoms with Gasteiger partial charge >= 0.3 is 0 Å². The molecule has 0 saturated carbocycles. The first-order valence-electron chi connectivity index (χ1n) is 5.60. The molecule has 0 aromatic carbocycles. The van der Waals surface area contributed by atoms with Gasteiger partial charge < -0.3 is 5.32 Å². The maximum Gasteiger partial charge on any atom is 0.217 e. The lowest BCUT2D eigenvalue weighted by atomic mass is 10.2. The Bertz CT molecular complexity index is 251. The van der Waals surface area contributed by atoms with E-state index in [4.69, 9.17) is 0 Å². The van der Waals surface area contributed by atoms with Crippen molar-refractivity contribution in [3.8, 4) is 0 Å². The fourth-order valence-electron chi connectivity index (χ4n) is 1.21. The summed E-state index contributed by atoms with van der Waals surface area (Å²) in [4.78, 5) is 22.2. The number of hydrogen-bond acceptors (Lipinski definition) is 3. The van der Waals surface area contributed by atoms with Gasteiger partial charge in [-0.1, -0.05) is 23.9 Å². The van der Waals surface area contributed by atoms with Crippen LogP contribution in [0.2, 0.25) is 0 Å². The summed E-state index contributed by atoms with van der Waals surface area (Å²) in [5.41, 5.74) is 0. The number of amides is 1. The predicted octanol–water partition coefficient (Wildman–Crippen LogP) is 2.52. The standard InChI is InChI=1S/C12H21NO2S/c1-4-5-6-7-8-12(15)16-9-10(2)13-11(3)14/h4-5,10H,6-9H2,1-3H3,(H,13,14)/b5-4-. The van der Waals surface area contributed by atoms with Crippen LogP contribution in [-0.4, -0.2) is 22.8 Å². The Hall–Kier alpha value is -0.770. The summed E-state index contributed by atoms with van der Waals surface area (Å²) < 4.78 is 0. The highest BCUT2D eigenvalue weighted by Crippen LogP contribution is 2.10. The topological polar surface area (TPSA) is 46.2 Å². The van der Waals surface area contributed by atoms with Crippen molar-refractivity contribution in [2.24, 2.45) is 0 Å². The van der Waals surface area contributed by atoms with Gasteiger partial charge in [-0.25, -0.2) is 0 Å². The zero-order valence-electron chi connectivity index (χ0n) is 10.3. The lowest BCUT2D eigenvalue weighted by Gasteiger charge is -2.10. The van der Waals surface area contributed by atoms with Crippen molar-refractivity contribution in [1.29, 1.82) is 0 Å². The van der Waals surface area contributed by atoms with Crippen molar-refractivity contribution in [3.05, 3.63) is 12.2 Å². The SMILES string of the molecule is C/C=C\CCCC(=O)SCC(C)NC(C)=O. The van der Waals surface area contributed by atoms with E-state index in [1.54, 1.807) is 0 Å². The molecule has 4 heteroatoms. The second-order valence-corrected chi connectivity index (χ2v) is 4.82. The molecule has 0 aliphatic rings. The lowest BCUT2D eigenvalue weighted by molar-refractivity contribution is -0.119. The molecule has 1 amide bonds. The number of thioether (sulfide) groups is 1. The van der Waals surface area contributed by atoms with Gasteiger partial charge in [-0.05, 0) is 26.7 Å². The van der Waals surface area contributed by atoms with Crippen LogP contribution in [0.25, 0.3) is 0 Å². The Kier molecular flexibility index (Phi) is 9.00. The minimum Gasteiger partial charge on any atom is -0.353 e. The summed E-state index contributed by atoms with van der Waals surface area (Å²) in [5, 5.41) is 2.96. The van der Waals surface area contributed by atoms with Crippen molar-refractivity contribution < 1.29 is 9.59 Å². The van der Waals surface area contributed by atoms with Crippen molar-refractivity contribution in [3.63, 3.8) is 0 Å². The molecular formula is C12H21NO2S. The quantitative estimate of drug-likeness (QED) is 0.552. The zero-order chi connectivity index (χ0) is 12.4. The first-order chi connectivity index (χ1) is 7.56. The van der Waals surface area contributed by atoms with Crippen LogP contribution in [0.5, 0.6) is 0 Å². The van der Waals surface area contributed by atoms with Gasteiger partial charge in [-0.3, -0.25) is 9.59 Å². The van der Waals surface area contributed by atoms with E-state index < -0.39 is 0 Å². The van der Waals surface area contributed by atoms with Gasteiger partial charge in [0.05, 0.1) is 0 Å². The van der Waals surface area contributed by atoms with Crippen LogP contribution < -0.4 is 5.32 Å². The fourth-order valence-corrected chi connectivity index (χ4v) is 2.02. The molecule has 1 N–H and O–H groups in total. The van der Waals surface area contributed by atoms with E-state index >= 15 is 0 Å². The third kappa shape index (κ3) is 9.77. The van der Waals surface area contributed by atoms with E-state index in [1.807, 2.05) is 19.9 Å². The highest BCUT2D eigenvalue weighted by molar-refractivity contribution is 8.13. The third-order valence-corrected chi connectivity index (χ3v) is 3.12. The smallest absolute Gasteiger partial charge is 0.217 e. The van der Waals surface area contributed by atoms with Crippen LogP contribution in [-0.2, 0) is 9.59 Å². The van der Waals surface area contributed by atoms with Crippen LogP contribution in [0.4, 0.5) is 0 Å². The molecule has 0 fully saturated rings. The van der Waals surface area contributed by atoms with Gasteiger partial charge in [0.25, 0.3) is 0 Å². The predicted molar refractivity (Wildman–Crippen MR) is 69.4 cm³/mol. The molecule has 1 atom stereocenters. The third-order valence-electron chi connectivity index (χ3n) is 1.93. The molecular weight excluding hydrogens is 222 g/mol. The minimum absolute atomic E-state index is 0.0476. The Morgan fingerprint density at radius 1 is 1.44 bits per heavy atom. The molecule has 16 heavy (non-hydrogen) atoms. The summed E-state index contributed by atoms with van der Waals surface area (Å²) in [5.74, 6) is 0.607. The molecule has 0 spiro atoms. The number of carbonyl (C=O) groups excluding carboxylic acids is 2. The second-order valence-electron chi connectivity index (χ2n) is 3.75. The summed E-state index contributed by atoms with van der Waals surface area (Å²) in [7, 11) is 0. The summed E-state index contributed by atoms with van der Waals surface area (Å²) in [6.45, 7) is 5.37. The minimum atomic E-state index is -0.0476. The monoisotopic (exact) mass is 243 g/mol. The van der Waals surface area contributed by atoms with Crippen LogP contribution in [0.15, 0.2) is 12.2 Å². The van der Waals surface area contributed by atoms with Crippen molar-refractivity contribution in [2.75, 3.05) is 5.75 Å². The first kappa shape index (κ1) is 15.2. The molecule has 0 saturated heterocycles. The second kappa shape index (κ2) is 9.46. The van der Waals surface area contributed by atoms with Crippen LogP contribution in [0.1, 0.15) is 40.0 Å². The Labute approximate surface area is 102 Å². The van der Waals surface area contributed by atoms with Crippen molar-refractivity contribution in [1.82, 2.24) is 5.32 Å². The normalized spacial score (nSPS) is 12.7. The van der Waals surface area contributed by atoms with E-state index in [1.165, 1.54) is 18.7 Å². The maximum atomic E-state index is 11.4. The maximum absolute atomic E-state index is 11.4. The van der Waals surface area contributed by atoms with E-state index in [-0.39, 0.29) is 17.1 Å². The number of hydrogen-bond donors (Lipinski definition) is 1. The van der Waals surface area contributed by atoms with Gasteiger partial charge in [0, 0.05) is 25.1 Å². The molecule has 0 aliphatic carbocycles. The van der Waals surface area contributed by atoms with Gasteiger partial charge in [-0.15, -0.1) is 0 Å². The van der Waals surface area contributed by atoms with E-state index in [0.717, 1.165) is 12.8 Å². The zero-order valence-corrected chi connectivity index (χ0v) is 11.1. The Morgan fingerprint density at radius 2 is 2.12 bits per heavy atom. The molecule has 1 unspecified atom stereocenters. The number of rotatable bonds is 7. The Morgan fingerprint density at radius 3 is 2.69 bits per heavy atom. The average Bonchev–Trinajstić information content (AvgIpc) is 2.20. The molecule has 0 heterocycles. The molecule has 0 aromatic rings. The van der Waals surface area contributed by atoms with E-state index in [9.17, 15) is 9.59 Å².